The monoisotopic (exact) mass is 476 g/mol. The van der Waals surface area contributed by atoms with E-state index in [4.69, 9.17) is 9.47 Å². The summed E-state index contributed by atoms with van der Waals surface area (Å²) in [6.45, 7) is 3.66. The number of ether oxygens (including phenoxy) is 2. The van der Waals surface area contributed by atoms with Gasteiger partial charge in [0.05, 0.1) is 26.4 Å². The van der Waals surface area contributed by atoms with Gasteiger partial charge in [-0.25, -0.2) is 17.2 Å². The molecular weight excluding hydrogens is 450 g/mol. The summed E-state index contributed by atoms with van der Waals surface area (Å²) in [4.78, 5) is 25.4. The summed E-state index contributed by atoms with van der Waals surface area (Å²) in [5, 5.41) is 4.82. The molecular formula is C19H26F2N4O6S. The van der Waals surface area contributed by atoms with Gasteiger partial charge in [0, 0.05) is 26.2 Å². The summed E-state index contributed by atoms with van der Waals surface area (Å²) >= 11 is 0. The largest absolute Gasteiger partial charge is 0.379 e. The van der Waals surface area contributed by atoms with E-state index >= 15 is 0 Å². The number of morpholine rings is 1. The summed E-state index contributed by atoms with van der Waals surface area (Å²) in [6, 6.07) is 2.12. The normalized spacial score (nSPS) is 20.2. The van der Waals surface area contributed by atoms with Gasteiger partial charge in [0.15, 0.2) is 0 Å². The van der Waals surface area contributed by atoms with Gasteiger partial charge in [-0.2, -0.15) is 4.31 Å². The maximum atomic E-state index is 14.0. The van der Waals surface area contributed by atoms with Gasteiger partial charge >= 0.3 is 11.8 Å². The highest BCUT2D eigenvalue weighted by atomic mass is 32.2. The van der Waals surface area contributed by atoms with Crippen molar-refractivity contribution in [2.24, 2.45) is 0 Å². The summed E-state index contributed by atoms with van der Waals surface area (Å²) < 4.78 is 64.3. The molecule has 0 unspecified atom stereocenters. The fourth-order valence-corrected chi connectivity index (χ4v) is 5.00. The molecule has 2 heterocycles. The molecule has 0 aliphatic carbocycles. The summed E-state index contributed by atoms with van der Waals surface area (Å²) in [7, 11) is -4.41. The Labute approximate surface area is 184 Å². The first-order valence-corrected chi connectivity index (χ1v) is 11.7. The topological polar surface area (TPSA) is 117 Å². The second-order valence-electron chi connectivity index (χ2n) is 7.29. The smallest absolute Gasteiger partial charge is 0.309 e. The van der Waals surface area contributed by atoms with Crippen molar-refractivity contribution >= 4 is 21.8 Å². The molecule has 3 rings (SSSR count). The molecule has 0 spiro atoms. The Morgan fingerprint density at radius 1 is 1.06 bits per heavy atom. The predicted octanol–water partition coefficient (Wildman–Crippen LogP) is -0.733. The van der Waals surface area contributed by atoms with Crippen LogP contribution in [0.15, 0.2) is 23.1 Å². The lowest BCUT2D eigenvalue weighted by Crippen LogP contribution is -2.47. The van der Waals surface area contributed by atoms with Gasteiger partial charge in [0.2, 0.25) is 10.0 Å². The number of sulfonamides is 1. The molecule has 32 heavy (non-hydrogen) atoms. The Kier molecular flexibility index (Phi) is 8.48. The molecule has 0 aromatic heterocycles. The highest BCUT2D eigenvalue weighted by molar-refractivity contribution is 7.89. The van der Waals surface area contributed by atoms with Gasteiger partial charge in [0.1, 0.15) is 22.8 Å². The van der Waals surface area contributed by atoms with E-state index in [2.05, 4.69) is 15.5 Å². The molecule has 2 saturated heterocycles. The average molecular weight is 477 g/mol. The summed E-state index contributed by atoms with van der Waals surface area (Å²) in [5.74, 6) is -3.80. The molecule has 0 bridgehead atoms. The SMILES string of the molecule is O=C(NCCCN1CCOCC1)C(=O)NC[C@H]1OCCN1S(=O)(=O)c1cc(F)ccc1F. The van der Waals surface area contributed by atoms with E-state index < -0.39 is 44.6 Å². The van der Waals surface area contributed by atoms with Gasteiger partial charge in [-0.3, -0.25) is 14.5 Å². The predicted molar refractivity (Wildman–Crippen MR) is 108 cm³/mol. The minimum Gasteiger partial charge on any atom is -0.379 e. The van der Waals surface area contributed by atoms with E-state index in [1.807, 2.05) is 0 Å². The van der Waals surface area contributed by atoms with Crippen LogP contribution >= 0.6 is 0 Å². The first kappa shape index (κ1) is 24.5. The standard InChI is InChI=1S/C19H26F2N4O6S/c20-14-2-3-15(21)16(12-14)32(28,29)25-8-11-31-17(25)13-23-19(27)18(26)22-4-1-5-24-6-9-30-10-7-24/h2-3,12,17H,1,4-11,13H2,(H,22,26)(H,23,27)/t17-/m1/s1. The van der Waals surface area contributed by atoms with Gasteiger partial charge in [-0.05, 0) is 31.2 Å². The number of nitrogens with zero attached hydrogens (tertiary/aromatic N) is 2. The molecule has 2 aliphatic rings. The zero-order valence-electron chi connectivity index (χ0n) is 17.4. The third kappa shape index (κ3) is 6.19. The zero-order chi connectivity index (χ0) is 23.1. The Morgan fingerprint density at radius 2 is 1.78 bits per heavy atom. The van der Waals surface area contributed by atoms with Gasteiger partial charge < -0.3 is 20.1 Å². The second-order valence-corrected chi connectivity index (χ2v) is 9.15. The maximum Gasteiger partial charge on any atom is 0.309 e. The number of carbonyl (C=O) groups excluding carboxylic acids is 2. The van der Waals surface area contributed by atoms with Crippen LogP contribution in [0.4, 0.5) is 8.78 Å². The van der Waals surface area contributed by atoms with Crippen LogP contribution in [0.1, 0.15) is 6.42 Å². The van der Waals surface area contributed by atoms with Crippen molar-refractivity contribution in [3.8, 4) is 0 Å². The number of carbonyl (C=O) groups is 2. The minimum absolute atomic E-state index is 0.00440. The molecule has 2 aliphatic heterocycles. The number of halogens is 2. The zero-order valence-corrected chi connectivity index (χ0v) is 18.2. The van der Waals surface area contributed by atoms with E-state index in [1.165, 1.54) is 0 Å². The number of hydrogen-bond acceptors (Lipinski definition) is 7. The van der Waals surface area contributed by atoms with E-state index in [1.54, 1.807) is 0 Å². The van der Waals surface area contributed by atoms with Crippen molar-refractivity contribution in [3.05, 3.63) is 29.8 Å². The van der Waals surface area contributed by atoms with E-state index in [0.717, 1.165) is 36.1 Å². The minimum atomic E-state index is -4.41. The number of hydrogen-bond donors (Lipinski definition) is 2. The van der Waals surface area contributed by atoms with Crippen LogP contribution in [0.5, 0.6) is 0 Å². The number of nitrogens with one attached hydrogen (secondary N) is 2. The van der Waals surface area contributed by atoms with E-state index in [0.29, 0.717) is 32.2 Å². The van der Waals surface area contributed by atoms with Crippen LogP contribution in [-0.4, -0.2) is 94.8 Å². The number of benzene rings is 1. The van der Waals surface area contributed by atoms with E-state index in [-0.39, 0.29) is 19.7 Å². The van der Waals surface area contributed by atoms with Crippen LogP contribution in [0, 0.1) is 11.6 Å². The van der Waals surface area contributed by atoms with Crippen molar-refractivity contribution in [2.45, 2.75) is 17.5 Å². The van der Waals surface area contributed by atoms with Crippen molar-refractivity contribution in [1.29, 1.82) is 0 Å². The molecule has 1 aromatic rings. The summed E-state index contributed by atoms with van der Waals surface area (Å²) in [5.41, 5.74) is 0. The quantitative estimate of drug-likeness (QED) is 0.375. The molecule has 2 N–H and O–H groups in total. The molecule has 10 nitrogen and oxygen atoms in total. The fraction of sp³-hybridized carbons (Fsp3) is 0.579. The maximum absolute atomic E-state index is 14.0. The van der Waals surface area contributed by atoms with Crippen molar-refractivity contribution in [3.63, 3.8) is 0 Å². The molecule has 2 fully saturated rings. The van der Waals surface area contributed by atoms with Crippen molar-refractivity contribution < 1.29 is 36.3 Å². The third-order valence-corrected chi connectivity index (χ3v) is 7.01. The number of rotatable bonds is 8. The fourth-order valence-electron chi connectivity index (χ4n) is 3.41. The lowest BCUT2D eigenvalue weighted by atomic mass is 10.3. The average Bonchev–Trinajstić information content (AvgIpc) is 3.27. The third-order valence-electron chi connectivity index (χ3n) is 5.11. The molecule has 0 radical (unpaired) electrons. The Balaban J connectivity index is 1.47. The van der Waals surface area contributed by atoms with Gasteiger partial charge in [-0.1, -0.05) is 0 Å². The van der Waals surface area contributed by atoms with Crippen LogP contribution in [0.3, 0.4) is 0 Å². The van der Waals surface area contributed by atoms with Crippen molar-refractivity contribution in [1.82, 2.24) is 19.8 Å². The van der Waals surface area contributed by atoms with Crippen LogP contribution in [-0.2, 0) is 29.1 Å². The van der Waals surface area contributed by atoms with Crippen LogP contribution in [0.2, 0.25) is 0 Å². The van der Waals surface area contributed by atoms with Gasteiger partial charge in [0.25, 0.3) is 0 Å². The molecule has 178 valence electrons. The highest BCUT2D eigenvalue weighted by Gasteiger charge is 2.38. The first-order valence-electron chi connectivity index (χ1n) is 10.2. The summed E-state index contributed by atoms with van der Waals surface area (Å²) in [6.07, 6.45) is -0.489. The van der Waals surface area contributed by atoms with Crippen LogP contribution in [0.25, 0.3) is 0 Å². The highest BCUT2D eigenvalue weighted by Crippen LogP contribution is 2.24. The molecule has 1 atom stereocenters. The van der Waals surface area contributed by atoms with Gasteiger partial charge in [-0.15, -0.1) is 0 Å². The first-order chi connectivity index (χ1) is 15.3. The second kappa shape index (κ2) is 11.1. The lowest BCUT2D eigenvalue weighted by molar-refractivity contribution is -0.139. The lowest BCUT2D eigenvalue weighted by Gasteiger charge is -2.26. The Morgan fingerprint density at radius 3 is 2.53 bits per heavy atom. The molecule has 0 saturated carbocycles. The molecule has 13 heteroatoms. The number of amides is 2. The molecule has 2 amide bonds. The van der Waals surface area contributed by atoms with Crippen molar-refractivity contribution in [2.75, 3.05) is 59.1 Å². The Hall–Kier alpha value is -2.19. The molecule has 1 aromatic carbocycles. The van der Waals surface area contributed by atoms with E-state index in [9.17, 15) is 26.8 Å². The Bertz CT molecular complexity index is 926. The van der Waals surface area contributed by atoms with Crippen LogP contribution < -0.4 is 10.6 Å².